The van der Waals surface area contributed by atoms with E-state index in [-0.39, 0.29) is 4.90 Å². The molecule has 0 spiro atoms. The van der Waals surface area contributed by atoms with Crippen molar-refractivity contribution in [2.75, 3.05) is 12.9 Å². The van der Waals surface area contributed by atoms with Crippen LogP contribution in [0.15, 0.2) is 59.0 Å². The average molecular weight is 379 g/mol. The van der Waals surface area contributed by atoms with Gasteiger partial charge in [0.05, 0.1) is 11.5 Å². The van der Waals surface area contributed by atoms with Gasteiger partial charge in [0.25, 0.3) is 0 Å². The van der Waals surface area contributed by atoms with Crippen LogP contribution in [0.1, 0.15) is 24.0 Å². The molecule has 1 unspecified atom stereocenters. The van der Waals surface area contributed by atoms with Crippen LogP contribution in [0.5, 0.6) is 0 Å². The Bertz CT molecular complexity index is 901. The molecule has 4 nitrogen and oxygen atoms in total. The minimum absolute atomic E-state index is 0.257. The number of halogens is 1. The highest BCUT2D eigenvalue weighted by Gasteiger charge is 2.23. The monoisotopic (exact) mass is 378 g/mol. The summed E-state index contributed by atoms with van der Waals surface area (Å²) in [5.74, 6) is 0. The second-order valence-electron chi connectivity index (χ2n) is 6.03. The van der Waals surface area contributed by atoms with Crippen molar-refractivity contribution in [2.24, 2.45) is 0 Å². The summed E-state index contributed by atoms with van der Waals surface area (Å²) in [6.45, 7) is 0.514. The lowest BCUT2D eigenvalue weighted by Gasteiger charge is -2.25. The average Bonchev–Trinajstić information content (AvgIpc) is 2.57. The van der Waals surface area contributed by atoms with Crippen molar-refractivity contribution in [1.29, 1.82) is 0 Å². The summed E-state index contributed by atoms with van der Waals surface area (Å²) in [4.78, 5) is 0.257. The highest BCUT2D eigenvalue weighted by atomic mass is 35.5. The Balaban J connectivity index is 2.16. The van der Waals surface area contributed by atoms with Crippen LogP contribution in [0.25, 0.3) is 5.57 Å². The zero-order valence-corrected chi connectivity index (χ0v) is 15.3. The molecular weight excluding hydrogens is 360 g/mol. The van der Waals surface area contributed by atoms with Gasteiger partial charge in [0, 0.05) is 11.3 Å². The molecule has 1 heterocycles. The highest BCUT2D eigenvalue weighted by molar-refractivity contribution is 7.90. The van der Waals surface area contributed by atoms with Crippen molar-refractivity contribution in [3.8, 4) is 0 Å². The third-order valence-electron chi connectivity index (χ3n) is 4.17. The third kappa shape index (κ3) is 4.12. The van der Waals surface area contributed by atoms with Crippen LogP contribution in [0.4, 0.5) is 0 Å². The smallest absolute Gasteiger partial charge is 0.177 e. The number of rotatable bonds is 3. The number of sulfone groups is 1. The van der Waals surface area contributed by atoms with E-state index in [0.29, 0.717) is 18.1 Å². The van der Waals surface area contributed by atoms with Crippen molar-refractivity contribution in [2.45, 2.75) is 24.0 Å². The molecule has 1 fully saturated rings. The molecule has 0 amide bonds. The van der Waals surface area contributed by atoms with Crippen LogP contribution in [0.3, 0.4) is 0 Å². The first kappa shape index (κ1) is 18.1. The van der Waals surface area contributed by atoms with E-state index in [1.54, 1.807) is 30.3 Å². The molecule has 1 N–H and O–H groups in total. The molecule has 2 aromatic rings. The van der Waals surface area contributed by atoms with Gasteiger partial charge in [-0.15, -0.1) is 0 Å². The van der Waals surface area contributed by atoms with Gasteiger partial charge in [-0.3, -0.25) is 0 Å². The summed E-state index contributed by atoms with van der Waals surface area (Å²) in [7, 11) is -3.26. The molecule has 1 aliphatic rings. The van der Waals surface area contributed by atoms with Gasteiger partial charge in [0.15, 0.2) is 16.1 Å². The minimum Gasteiger partial charge on any atom is -0.364 e. The van der Waals surface area contributed by atoms with Gasteiger partial charge in [0.2, 0.25) is 0 Å². The van der Waals surface area contributed by atoms with Gasteiger partial charge in [-0.2, -0.15) is 0 Å². The summed E-state index contributed by atoms with van der Waals surface area (Å²) in [5, 5.41) is 10.9. The maximum atomic E-state index is 11.7. The van der Waals surface area contributed by atoms with Crippen LogP contribution in [-0.4, -0.2) is 32.7 Å². The number of aliphatic hydroxyl groups excluding tert-OH is 1. The van der Waals surface area contributed by atoms with E-state index in [0.717, 1.165) is 28.7 Å². The van der Waals surface area contributed by atoms with Crippen molar-refractivity contribution in [3.05, 3.63) is 70.3 Å². The SMILES string of the molecule is CS(=O)(=O)c1ccc(/C(=C2\CCCOC2O)c2cccc(Cl)c2)cc1. The van der Waals surface area contributed by atoms with Crippen LogP contribution >= 0.6 is 11.6 Å². The van der Waals surface area contributed by atoms with Crippen LogP contribution in [-0.2, 0) is 14.6 Å². The fraction of sp³-hybridized carbons (Fsp3) is 0.263. The molecule has 0 saturated carbocycles. The van der Waals surface area contributed by atoms with E-state index in [1.165, 1.54) is 6.26 Å². The Morgan fingerprint density at radius 3 is 2.48 bits per heavy atom. The lowest BCUT2D eigenvalue weighted by Crippen LogP contribution is -2.22. The van der Waals surface area contributed by atoms with Gasteiger partial charge < -0.3 is 9.84 Å². The molecule has 0 aromatic heterocycles. The van der Waals surface area contributed by atoms with Crippen molar-refractivity contribution in [3.63, 3.8) is 0 Å². The molecule has 0 aliphatic carbocycles. The zero-order valence-electron chi connectivity index (χ0n) is 13.8. The first-order valence-corrected chi connectivity index (χ1v) is 10.2. The lowest BCUT2D eigenvalue weighted by atomic mass is 9.90. The van der Waals surface area contributed by atoms with Gasteiger partial charge in [-0.25, -0.2) is 8.42 Å². The highest BCUT2D eigenvalue weighted by Crippen LogP contribution is 2.34. The van der Waals surface area contributed by atoms with Crippen molar-refractivity contribution in [1.82, 2.24) is 0 Å². The lowest BCUT2D eigenvalue weighted by molar-refractivity contribution is -0.0882. The largest absolute Gasteiger partial charge is 0.364 e. The van der Waals surface area contributed by atoms with E-state index in [4.69, 9.17) is 16.3 Å². The topological polar surface area (TPSA) is 63.6 Å². The maximum Gasteiger partial charge on any atom is 0.177 e. The first-order valence-electron chi connectivity index (χ1n) is 7.95. The Labute approximate surface area is 152 Å². The molecule has 0 bridgehead atoms. The molecule has 3 rings (SSSR count). The zero-order chi connectivity index (χ0) is 18.0. The fourth-order valence-corrected chi connectivity index (χ4v) is 3.80. The normalized spacial score (nSPS) is 20.4. The minimum atomic E-state index is -3.26. The molecule has 1 aliphatic heterocycles. The molecule has 132 valence electrons. The van der Waals surface area contributed by atoms with Gasteiger partial charge in [-0.05, 0) is 59.4 Å². The van der Waals surface area contributed by atoms with E-state index < -0.39 is 16.1 Å². The summed E-state index contributed by atoms with van der Waals surface area (Å²) in [5.41, 5.74) is 3.28. The van der Waals surface area contributed by atoms with E-state index in [9.17, 15) is 13.5 Å². The number of hydrogen-bond donors (Lipinski definition) is 1. The quantitative estimate of drug-likeness (QED) is 0.885. The van der Waals surface area contributed by atoms with Gasteiger partial charge in [-0.1, -0.05) is 35.9 Å². The van der Waals surface area contributed by atoms with Crippen molar-refractivity contribution < 1.29 is 18.3 Å². The number of hydrogen-bond acceptors (Lipinski definition) is 4. The Hall–Kier alpha value is -1.66. The summed E-state index contributed by atoms with van der Waals surface area (Å²) >= 11 is 6.14. The predicted octanol–water partition coefficient (Wildman–Crippen LogP) is 3.67. The second kappa shape index (κ2) is 7.30. The number of ether oxygens (including phenoxy) is 1. The molecule has 0 radical (unpaired) electrons. The van der Waals surface area contributed by atoms with Crippen molar-refractivity contribution >= 4 is 27.0 Å². The van der Waals surface area contributed by atoms with E-state index in [2.05, 4.69) is 0 Å². The molecule has 6 heteroatoms. The standard InChI is InChI=1S/C19H19ClO4S/c1-25(22,23)16-9-7-13(8-10-16)18(14-4-2-5-15(20)12-14)17-6-3-11-24-19(17)21/h2,4-5,7-10,12,19,21H,3,6,11H2,1H3/b18-17-. The molecule has 25 heavy (non-hydrogen) atoms. The number of benzene rings is 2. The van der Waals surface area contributed by atoms with E-state index >= 15 is 0 Å². The van der Waals surface area contributed by atoms with Gasteiger partial charge in [0.1, 0.15) is 0 Å². The second-order valence-corrected chi connectivity index (χ2v) is 8.49. The molecule has 1 atom stereocenters. The molecule has 1 saturated heterocycles. The summed E-state index contributed by atoms with van der Waals surface area (Å²) in [6, 6.07) is 14.0. The van der Waals surface area contributed by atoms with Crippen LogP contribution in [0, 0.1) is 0 Å². The maximum absolute atomic E-state index is 11.7. The van der Waals surface area contributed by atoms with Gasteiger partial charge >= 0.3 is 0 Å². The fourth-order valence-electron chi connectivity index (χ4n) is 2.98. The Kier molecular flexibility index (Phi) is 5.29. The van der Waals surface area contributed by atoms with Crippen LogP contribution in [0.2, 0.25) is 5.02 Å². The predicted molar refractivity (Wildman–Crippen MR) is 98.2 cm³/mol. The summed E-state index contributed by atoms with van der Waals surface area (Å²) < 4.78 is 28.8. The molecule has 2 aromatic carbocycles. The van der Waals surface area contributed by atoms with Crippen LogP contribution < -0.4 is 0 Å². The summed E-state index contributed by atoms with van der Waals surface area (Å²) in [6.07, 6.45) is 1.73. The first-order chi connectivity index (χ1) is 11.9. The van der Waals surface area contributed by atoms with E-state index in [1.807, 2.05) is 18.2 Å². The molecular formula is C19H19ClO4S. The third-order valence-corrected chi connectivity index (χ3v) is 5.53. The Morgan fingerprint density at radius 2 is 1.88 bits per heavy atom. The Morgan fingerprint density at radius 1 is 1.16 bits per heavy atom. The number of aliphatic hydroxyl groups is 1.